The average Bonchev–Trinajstić information content (AvgIpc) is 2.43. The van der Waals surface area contributed by atoms with Crippen LogP contribution >= 0.6 is 11.6 Å². The molecule has 1 aromatic rings. The lowest BCUT2D eigenvalue weighted by atomic mass is 10.1. The van der Waals surface area contributed by atoms with E-state index >= 15 is 0 Å². The van der Waals surface area contributed by atoms with Crippen LogP contribution in [0.3, 0.4) is 0 Å². The Bertz CT molecular complexity index is 439. The molecule has 20 heavy (non-hydrogen) atoms. The topological polar surface area (TPSA) is 50.4 Å². The van der Waals surface area contributed by atoms with Crippen LogP contribution in [0.5, 0.6) is 0 Å². The van der Waals surface area contributed by atoms with E-state index in [1.54, 1.807) is 6.07 Å². The Hall–Kier alpha value is -1.10. The van der Waals surface area contributed by atoms with Gasteiger partial charge in [0.1, 0.15) is 0 Å². The Labute approximate surface area is 124 Å². The van der Waals surface area contributed by atoms with Crippen LogP contribution in [0.25, 0.3) is 0 Å². The smallest absolute Gasteiger partial charge is 0.251 e. The van der Waals surface area contributed by atoms with E-state index in [1.165, 1.54) is 0 Å². The van der Waals surface area contributed by atoms with Crippen LogP contribution in [0, 0.1) is 6.92 Å². The van der Waals surface area contributed by atoms with Crippen LogP contribution in [0.2, 0.25) is 5.02 Å². The van der Waals surface area contributed by atoms with Gasteiger partial charge in [0.2, 0.25) is 0 Å². The average molecular weight is 297 g/mol. The van der Waals surface area contributed by atoms with Crippen molar-refractivity contribution >= 4 is 17.5 Å². The van der Waals surface area contributed by atoms with Crippen LogP contribution in [-0.2, 0) is 4.74 Å². The molecular formula is C15H21ClN2O2. The van der Waals surface area contributed by atoms with E-state index in [0.29, 0.717) is 29.8 Å². The van der Waals surface area contributed by atoms with Crippen molar-refractivity contribution in [2.75, 3.05) is 26.2 Å². The van der Waals surface area contributed by atoms with Gasteiger partial charge in [0.05, 0.1) is 12.7 Å². The first-order chi connectivity index (χ1) is 9.65. The van der Waals surface area contributed by atoms with Gasteiger partial charge in [-0.2, -0.15) is 0 Å². The Morgan fingerprint density at radius 1 is 1.40 bits per heavy atom. The highest BCUT2D eigenvalue weighted by Crippen LogP contribution is 2.14. The van der Waals surface area contributed by atoms with E-state index in [2.05, 4.69) is 10.6 Å². The van der Waals surface area contributed by atoms with Gasteiger partial charge < -0.3 is 15.4 Å². The van der Waals surface area contributed by atoms with E-state index < -0.39 is 0 Å². The summed E-state index contributed by atoms with van der Waals surface area (Å²) in [5.41, 5.74) is 1.57. The summed E-state index contributed by atoms with van der Waals surface area (Å²) in [6, 6.07) is 5.34. The molecule has 0 spiro atoms. The number of nitrogens with one attached hydrogen (secondary N) is 2. The minimum Gasteiger partial charge on any atom is -0.376 e. The molecule has 1 fully saturated rings. The molecule has 0 radical (unpaired) electrons. The number of hydrogen-bond donors (Lipinski definition) is 2. The second-order valence-corrected chi connectivity index (χ2v) is 5.53. The van der Waals surface area contributed by atoms with Crippen molar-refractivity contribution < 1.29 is 9.53 Å². The van der Waals surface area contributed by atoms with E-state index in [1.807, 2.05) is 19.1 Å². The van der Waals surface area contributed by atoms with Gasteiger partial charge in [-0.3, -0.25) is 4.79 Å². The largest absolute Gasteiger partial charge is 0.376 e. The summed E-state index contributed by atoms with van der Waals surface area (Å²) in [6.45, 7) is 5.02. The zero-order valence-electron chi connectivity index (χ0n) is 11.7. The van der Waals surface area contributed by atoms with Crippen LogP contribution in [0.15, 0.2) is 18.2 Å². The fourth-order valence-electron chi connectivity index (χ4n) is 2.32. The number of carbonyl (C=O) groups excluding carboxylic acids is 1. The van der Waals surface area contributed by atoms with Gasteiger partial charge in [0.15, 0.2) is 0 Å². The maximum Gasteiger partial charge on any atom is 0.251 e. The second kappa shape index (κ2) is 7.62. The zero-order valence-corrected chi connectivity index (χ0v) is 12.5. The zero-order chi connectivity index (χ0) is 14.4. The molecule has 0 unspecified atom stereocenters. The first-order valence-corrected chi connectivity index (χ1v) is 7.40. The van der Waals surface area contributed by atoms with Crippen molar-refractivity contribution in [3.8, 4) is 0 Å². The molecule has 1 aliphatic rings. The molecule has 0 aliphatic carbocycles. The molecule has 1 aromatic carbocycles. The van der Waals surface area contributed by atoms with Crippen LogP contribution < -0.4 is 10.6 Å². The van der Waals surface area contributed by atoms with Gasteiger partial charge in [-0.15, -0.1) is 0 Å². The maximum absolute atomic E-state index is 12.0. The van der Waals surface area contributed by atoms with Gasteiger partial charge >= 0.3 is 0 Å². The van der Waals surface area contributed by atoms with Crippen LogP contribution in [-0.4, -0.2) is 38.3 Å². The quantitative estimate of drug-likeness (QED) is 0.819. The molecule has 110 valence electrons. The highest BCUT2D eigenvalue weighted by Gasteiger charge is 2.13. The summed E-state index contributed by atoms with van der Waals surface area (Å²) in [6.07, 6.45) is 2.41. The number of aryl methyl sites for hydroxylation is 1. The normalized spacial score (nSPS) is 16.1. The monoisotopic (exact) mass is 296 g/mol. The van der Waals surface area contributed by atoms with Gasteiger partial charge in [-0.05, 0) is 56.6 Å². The summed E-state index contributed by atoms with van der Waals surface area (Å²) < 4.78 is 5.74. The first kappa shape index (κ1) is 15.3. The third-order valence-corrected chi connectivity index (χ3v) is 3.55. The second-order valence-electron chi connectivity index (χ2n) is 5.09. The Balaban J connectivity index is 1.71. The highest BCUT2D eigenvalue weighted by atomic mass is 35.5. The summed E-state index contributed by atoms with van der Waals surface area (Å²) in [4.78, 5) is 12.0. The van der Waals surface area contributed by atoms with Crippen molar-refractivity contribution in [1.29, 1.82) is 0 Å². The number of piperidine rings is 1. The van der Waals surface area contributed by atoms with Crippen molar-refractivity contribution in [2.45, 2.75) is 25.9 Å². The van der Waals surface area contributed by atoms with Gasteiger partial charge in [0, 0.05) is 17.1 Å². The third kappa shape index (κ3) is 4.78. The third-order valence-electron chi connectivity index (χ3n) is 3.33. The Morgan fingerprint density at radius 3 is 2.85 bits per heavy atom. The highest BCUT2D eigenvalue weighted by molar-refractivity contribution is 6.31. The molecule has 2 N–H and O–H groups in total. The molecular weight excluding hydrogens is 276 g/mol. The Kier molecular flexibility index (Phi) is 5.83. The molecule has 1 amide bonds. The lowest BCUT2D eigenvalue weighted by Crippen LogP contribution is -2.34. The minimum atomic E-state index is -0.107. The fourth-order valence-corrected chi connectivity index (χ4v) is 2.61. The van der Waals surface area contributed by atoms with E-state index in [-0.39, 0.29) is 5.91 Å². The summed E-state index contributed by atoms with van der Waals surface area (Å²) >= 11 is 5.95. The lowest BCUT2D eigenvalue weighted by molar-refractivity contribution is 0.0343. The SMILES string of the molecule is Cc1cc(Cl)cc(C(=O)NCCOC2CCNCC2)c1. The van der Waals surface area contributed by atoms with E-state index in [9.17, 15) is 4.79 Å². The predicted molar refractivity (Wildman–Crippen MR) is 80.4 cm³/mol. The Morgan fingerprint density at radius 2 is 2.15 bits per heavy atom. The molecule has 1 heterocycles. The lowest BCUT2D eigenvalue weighted by Gasteiger charge is -2.22. The van der Waals surface area contributed by atoms with E-state index in [0.717, 1.165) is 31.5 Å². The van der Waals surface area contributed by atoms with Crippen LogP contribution in [0.1, 0.15) is 28.8 Å². The molecule has 4 nitrogen and oxygen atoms in total. The number of carbonyl (C=O) groups is 1. The molecule has 1 aliphatic heterocycles. The standard InChI is InChI=1S/C15H21ClN2O2/c1-11-8-12(10-13(16)9-11)15(19)18-6-7-20-14-2-4-17-5-3-14/h8-10,14,17H,2-7H2,1H3,(H,18,19). The summed E-state index contributed by atoms with van der Waals surface area (Å²) in [5, 5.41) is 6.73. The van der Waals surface area contributed by atoms with Crippen molar-refractivity contribution in [3.63, 3.8) is 0 Å². The number of amides is 1. The van der Waals surface area contributed by atoms with Crippen molar-refractivity contribution in [3.05, 3.63) is 34.3 Å². The van der Waals surface area contributed by atoms with Gasteiger partial charge in [-0.25, -0.2) is 0 Å². The molecule has 0 atom stereocenters. The van der Waals surface area contributed by atoms with Gasteiger partial charge in [-0.1, -0.05) is 11.6 Å². The summed E-state index contributed by atoms with van der Waals surface area (Å²) in [7, 11) is 0. The number of benzene rings is 1. The molecule has 0 saturated carbocycles. The van der Waals surface area contributed by atoms with Crippen molar-refractivity contribution in [1.82, 2.24) is 10.6 Å². The molecule has 0 aromatic heterocycles. The predicted octanol–water partition coefficient (Wildman–Crippen LogP) is 2.15. The molecule has 5 heteroatoms. The number of halogens is 1. The maximum atomic E-state index is 12.0. The minimum absolute atomic E-state index is 0.107. The number of ether oxygens (including phenoxy) is 1. The number of rotatable bonds is 5. The van der Waals surface area contributed by atoms with E-state index in [4.69, 9.17) is 16.3 Å². The van der Waals surface area contributed by atoms with Crippen molar-refractivity contribution in [2.24, 2.45) is 0 Å². The molecule has 0 bridgehead atoms. The molecule has 1 saturated heterocycles. The number of hydrogen-bond acceptors (Lipinski definition) is 3. The first-order valence-electron chi connectivity index (χ1n) is 7.03. The molecule has 2 rings (SSSR count). The fraction of sp³-hybridized carbons (Fsp3) is 0.533. The van der Waals surface area contributed by atoms with Crippen LogP contribution in [0.4, 0.5) is 0 Å². The summed E-state index contributed by atoms with van der Waals surface area (Å²) in [5.74, 6) is -0.107. The van der Waals surface area contributed by atoms with Gasteiger partial charge in [0.25, 0.3) is 5.91 Å².